The summed E-state index contributed by atoms with van der Waals surface area (Å²) in [5.74, 6) is -0.127. The predicted octanol–water partition coefficient (Wildman–Crippen LogP) is 1.32. The van der Waals surface area contributed by atoms with Crippen molar-refractivity contribution in [2.24, 2.45) is 0 Å². The Morgan fingerprint density at radius 1 is 1.33 bits per heavy atom. The molecular formula is C14H20BrN3O3. The van der Waals surface area contributed by atoms with Gasteiger partial charge >= 0.3 is 0 Å². The summed E-state index contributed by atoms with van der Waals surface area (Å²) in [7, 11) is 3.41. The van der Waals surface area contributed by atoms with Crippen molar-refractivity contribution in [3.63, 3.8) is 0 Å². The molecule has 0 aromatic carbocycles. The van der Waals surface area contributed by atoms with Crippen LogP contribution in [0.15, 0.2) is 21.2 Å². The lowest BCUT2D eigenvalue weighted by molar-refractivity contribution is -0.132. The lowest BCUT2D eigenvalue weighted by Crippen LogP contribution is -2.47. The molecule has 7 heteroatoms. The van der Waals surface area contributed by atoms with Crippen LogP contribution in [0.2, 0.25) is 0 Å². The third-order valence-electron chi connectivity index (χ3n) is 3.75. The number of piperidine rings is 1. The van der Waals surface area contributed by atoms with Crippen LogP contribution in [-0.4, -0.2) is 61.4 Å². The van der Waals surface area contributed by atoms with Crippen LogP contribution in [0.3, 0.4) is 0 Å². The monoisotopic (exact) mass is 357 g/mol. The van der Waals surface area contributed by atoms with Crippen LogP contribution in [-0.2, 0) is 4.79 Å². The highest BCUT2D eigenvalue weighted by molar-refractivity contribution is 9.10. The smallest absolute Gasteiger partial charge is 0.289 e. The van der Waals surface area contributed by atoms with Crippen LogP contribution in [0.4, 0.5) is 0 Å². The molecule has 0 saturated carbocycles. The van der Waals surface area contributed by atoms with Gasteiger partial charge in [0.05, 0.1) is 6.54 Å². The van der Waals surface area contributed by atoms with Gasteiger partial charge in [0.2, 0.25) is 5.91 Å². The Morgan fingerprint density at radius 3 is 2.57 bits per heavy atom. The Morgan fingerprint density at radius 2 is 2.00 bits per heavy atom. The molecule has 0 unspecified atom stereocenters. The van der Waals surface area contributed by atoms with Gasteiger partial charge in [0.15, 0.2) is 10.4 Å². The molecule has 116 valence electrons. The fourth-order valence-electron chi connectivity index (χ4n) is 2.40. The molecule has 2 amide bonds. The molecule has 1 saturated heterocycles. The van der Waals surface area contributed by atoms with E-state index < -0.39 is 0 Å². The molecule has 2 heterocycles. The Hall–Kier alpha value is -1.34. The van der Waals surface area contributed by atoms with E-state index in [2.05, 4.69) is 21.2 Å². The minimum atomic E-state index is -0.298. The summed E-state index contributed by atoms with van der Waals surface area (Å²) in [6.07, 6.45) is 1.90. The van der Waals surface area contributed by atoms with Gasteiger partial charge in [-0.05, 0) is 54.0 Å². The maximum absolute atomic E-state index is 12.3. The number of furan rings is 1. The van der Waals surface area contributed by atoms with Crippen molar-refractivity contribution in [1.29, 1.82) is 0 Å². The Labute approximate surface area is 132 Å². The van der Waals surface area contributed by atoms with Gasteiger partial charge in [-0.3, -0.25) is 9.59 Å². The highest BCUT2D eigenvalue weighted by Gasteiger charge is 2.24. The largest absolute Gasteiger partial charge is 0.444 e. The lowest BCUT2D eigenvalue weighted by atomic mass is 10.1. The zero-order valence-corrected chi connectivity index (χ0v) is 13.9. The van der Waals surface area contributed by atoms with Crippen molar-refractivity contribution in [2.75, 3.05) is 33.7 Å². The maximum atomic E-state index is 12.3. The number of nitrogens with zero attached hydrogens (tertiary/aromatic N) is 2. The summed E-state index contributed by atoms with van der Waals surface area (Å²) in [5, 5.41) is 3.27. The van der Waals surface area contributed by atoms with E-state index >= 15 is 0 Å². The van der Waals surface area contributed by atoms with E-state index in [-0.39, 0.29) is 30.2 Å². The average molecular weight is 358 g/mol. The molecule has 0 aliphatic carbocycles. The van der Waals surface area contributed by atoms with Crippen molar-refractivity contribution >= 4 is 27.7 Å². The lowest BCUT2D eigenvalue weighted by Gasteiger charge is -2.32. The first-order chi connectivity index (χ1) is 9.99. The van der Waals surface area contributed by atoms with E-state index in [0.717, 1.165) is 25.9 Å². The van der Waals surface area contributed by atoms with Crippen molar-refractivity contribution in [2.45, 2.75) is 18.9 Å². The van der Waals surface area contributed by atoms with Gasteiger partial charge in [0.1, 0.15) is 0 Å². The summed E-state index contributed by atoms with van der Waals surface area (Å²) in [6, 6.07) is 3.49. The number of nitrogens with one attached hydrogen (secondary N) is 1. The molecular weight excluding hydrogens is 338 g/mol. The van der Waals surface area contributed by atoms with Crippen molar-refractivity contribution in [3.05, 3.63) is 22.6 Å². The zero-order chi connectivity index (χ0) is 15.4. The van der Waals surface area contributed by atoms with Crippen LogP contribution in [0.25, 0.3) is 0 Å². The molecule has 1 aromatic rings. The molecule has 0 atom stereocenters. The number of hydrogen-bond donors (Lipinski definition) is 1. The van der Waals surface area contributed by atoms with Crippen LogP contribution in [0.5, 0.6) is 0 Å². The SMILES string of the molecule is CN(CC(=O)N(C)C1CCNCC1)C(=O)c1ccc(Br)o1. The minimum absolute atomic E-state index is 0.0524. The molecule has 21 heavy (non-hydrogen) atoms. The normalized spacial score (nSPS) is 15.8. The molecule has 1 aliphatic heterocycles. The topological polar surface area (TPSA) is 65.8 Å². The number of rotatable bonds is 4. The van der Waals surface area contributed by atoms with Crippen molar-refractivity contribution < 1.29 is 14.0 Å². The highest BCUT2D eigenvalue weighted by atomic mass is 79.9. The molecule has 1 aliphatic rings. The number of likely N-dealkylation sites (N-methyl/N-ethyl adjacent to an activating group) is 2. The number of amides is 2. The van der Waals surface area contributed by atoms with E-state index in [9.17, 15) is 9.59 Å². The highest BCUT2D eigenvalue weighted by Crippen LogP contribution is 2.16. The van der Waals surface area contributed by atoms with Crippen molar-refractivity contribution in [1.82, 2.24) is 15.1 Å². The molecule has 1 fully saturated rings. The summed E-state index contributed by atoms with van der Waals surface area (Å²) < 4.78 is 5.71. The second kappa shape index (κ2) is 7.09. The summed E-state index contributed by atoms with van der Waals surface area (Å²) in [4.78, 5) is 27.5. The molecule has 1 N–H and O–H groups in total. The summed E-state index contributed by atoms with van der Waals surface area (Å²) in [6.45, 7) is 1.91. The van der Waals surface area contributed by atoms with Gasteiger partial charge in [-0.15, -0.1) is 0 Å². The third kappa shape index (κ3) is 4.07. The Kier molecular flexibility index (Phi) is 5.41. The maximum Gasteiger partial charge on any atom is 0.289 e. The zero-order valence-electron chi connectivity index (χ0n) is 12.3. The first-order valence-electron chi connectivity index (χ1n) is 6.96. The van der Waals surface area contributed by atoms with E-state index in [1.54, 1.807) is 31.1 Å². The second-order valence-electron chi connectivity index (χ2n) is 5.25. The fourth-order valence-corrected chi connectivity index (χ4v) is 2.71. The Balaban J connectivity index is 1.90. The number of hydrogen-bond acceptors (Lipinski definition) is 4. The number of carbonyl (C=O) groups excluding carboxylic acids is 2. The van der Waals surface area contributed by atoms with E-state index in [4.69, 9.17) is 4.42 Å². The molecule has 1 aromatic heterocycles. The predicted molar refractivity (Wildman–Crippen MR) is 82.0 cm³/mol. The molecule has 0 spiro atoms. The molecule has 0 radical (unpaired) electrons. The van der Waals surface area contributed by atoms with Crippen molar-refractivity contribution in [3.8, 4) is 0 Å². The standard InChI is InChI=1S/C14H20BrN3O3/c1-17(14(20)11-3-4-12(15)21-11)9-13(19)18(2)10-5-7-16-8-6-10/h3-4,10,16H,5-9H2,1-2H3. The molecule has 2 rings (SSSR count). The first kappa shape index (κ1) is 16.0. The average Bonchev–Trinajstić information content (AvgIpc) is 2.93. The van der Waals surface area contributed by atoms with Crippen LogP contribution in [0, 0.1) is 0 Å². The van der Waals surface area contributed by atoms with Gasteiger partial charge in [-0.2, -0.15) is 0 Å². The van der Waals surface area contributed by atoms with Crippen LogP contribution >= 0.6 is 15.9 Å². The third-order valence-corrected chi connectivity index (χ3v) is 4.18. The number of halogens is 1. The van der Waals surface area contributed by atoms with Crippen LogP contribution < -0.4 is 5.32 Å². The Bertz CT molecular complexity index is 511. The summed E-state index contributed by atoms with van der Waals surface area (Å²) >= 11 is 3.16. The quantitative estimate of drug-likeness (QED) is 0.882. The van der Waals surface area contributed by atoms with E-state index in [1.807, 2.05) is 0 Å². The van der Waals surface area contributed by atoms with Gasteiger partial charge in [0, 0.05) is 20.1 Å². The van der Waals surface area contributed by atoms with Gasteiger partial charge in [-0.1, -0.05) is 0 Å². The fraction of sp³-hybridized carbons (Fsp3) is 0.571. The van der Waals surface area contributed by atoms with Gasteiger partial charge in [0.25, 0.3) is 5.91 Å². The molecule has 0 bridgehead atoms. The van der Waals surface area contributed by atoms with Gasteiger partial charge in [-0.25, -0.2) is 0 Å². The van der Waals surface area contributed by atoms with E-state index in [1.165, 1.54) is 4.90 Å². The van der Waals surface area contributed by atoms with Crippen LogP contribution in [0.1, 0.15) is 23.4 Å². The first-order valence-corrected chi connectivity index (χ1v) is 7.75. The minimum Gasteiger partial charge on any atom is -0.444 e. The van der Waals surface area contributed by atoms with E-state index in [0.29, 0.717) is 4.67 Å². The van der Waals surface area contributed by atoms with Gasteiger partial charge < -0.3 is 19.5 Å². The summed E-state index contributed by atoms with van der Waals surface area (Å²) in [5.41, 5.74) is 0. The second-order valence-corrected chi connectivity index (χ2v) is 6.03. The number of carbonyl (C=O) groups is 2. The molecule has 6 nitrogen and oxygen atoms in total.